The van der Waals surface area contributed by atoms with Gasteiger partial charge in [-0.25, -0.2) is 0 Å². The van der Waals surface area contributed by atoms with Crippen molar-refractivity contribution in [1.29, 1.82) is 0 Å². The SMILES string of the molecule is Cc1ccc([C@@H](N)CCF)c(C)c1. The van der Waals surface area contributed by atoms with Gasteiger partial charge >= 0.3 is 0 Å². The fourth-order valence-electron chi connectivity index (χ4n) is 1.51. The zero-order chi connectivity index (χ0) is 9.84. The fraction of sp³-hybridized carbons (Fsp3) is 0.455. The molecule has 2 N–H and O–H groups in total. The Morgan fingerprint density at radius 3 is 2.62 bits per heavy atom. The van der Waals surface area contributed by atoms with Gasteiger partial charge in [0, 0.05) is 6.04 Å². The Morgan fingerprint density at radius 2 is 2.08 bits per heavy atom. The number of benzene rings is 1. The molecule has 1 aromatic rings. The van der Waals surface area contributed by atoms with Crippen molar-refractivity contribution in [3.8, 4) is 0 Å². The van der Waals surface area contributed by atoms with Gasteiger partial charge in [-0.05, 0) is 31.4 Å². The van der Waals surface area contributed by atoms with Crippen LogP contribution in [0.4, 0.5) is 4.39 Å². The lowest BCUT2D eigenvalue weighted by Crippen LogP contribution is -2.12. The molecule has 0 fully saturated rings. The van der Waals surface area contributed by atoms with Crippen molar-refractivity contribution in [3.05, 3.63) is 34.9 Å². The maximum Gasteiger partial charge on any atom is 0.0912 e. The molecule has 0 aliphatic rings. The monoisotopic (exact) mass is 181 g/mol. The minimum absolute atomic E-state index is 0.161. The minimum atomic E-state index is -0.353. The standard InChI is InChI=1S/C11H16FN/c1-8-3-4-10(9(2)7-8)11(13)5-6-12/h3-4,7,11H,5-6,13H2,1-2H3/t11-/m0/s1. The van der Waals surface area contributed by atoms with Crippen LogP contribution >= 0.6 is 0 Å². The average molecular weight is 181 g/mol. The molecule has 0 aliphatic carbocycles. The van der Waals surface area contributed by atoms with E-state index < -0.39 is 0 Å². The van der Waals surface area contributed by atoms with Gasteiger partial charge in [-0.3, -0.25) is 4.39 Å². The molecule has 0 saturated carbocycles. The van der Waals surface area contributed by atoms with Crippen molar-refractivity contribution in [1.82, 2.24) is 0 Å². The van der Waals surface area contributed by atoms with Crippen molar-refractivity contribution in [2.45, 2.75) is 26.3 Å². The summed E-state index contributed by atoms with van der Waals surface area (Å²) in [7, 11) is 0. The van der Waals surface area contributed by atoms with Crippen LogP contribution in [0.5, 0.6) is 0 Å². The van der Waals surface area contributed by atoms with Gasteiger partial charge in [0.05, 0.1) is 6.67 Å². The third-order valence-corrected chi connectivity index (χ3v) is 2.24. The van der Waals surface area contributed by atoms with Crippen LogP contribution < -0.4 is 5.73 Å². The van der Waals surface area contributed by atoms with Crippen LogP contribution in [0.25, 0.3) is 0 Å². The van der Waals surface area contributed by atoms with Gasteiger partial charge in [-0.15, -0.1) is 0 Å². The van der Waals surface area contributed by atoms with Gasteiger partial charge in [0.15, 0.2) is 0 Å². The van der Waals surface area contributed by atoms with Crippen LogP contribution in [0.2, 0.25) is 0 Å². The topological polar surface area (TPSA) is 26.0 Å². The second-order valence-corrected chi connectivity index (χ2v) is 3.44. The smallest absolute Gasteiger partial charge is 0.0912 e. The van der Waals surface area contributed by atoms with Crippen molar-refractivity contribution in [2.24, 2.45) is 5.73 Å². The number of rotatable bonds is 3. The zero-order valence-corrected chi connectivity index (χ0v) is 8.18. The summed E-state index contributed by atoms with van der Waals surface area (Å²) in [6.07, 6.45) is 0.407. The number of halogens is 1. The summed E-state index contributed by atoms with van der Waals surface area (Å²) in [6.45, 7) is 3.70. The highest BCUT2D eigenvalue weighted by molar-refractivity contribution is 5.32. The molecule has 0 aliphatic heterocycles. The van der Waals surface area contributed by atoms with E-state index in [4.69, 9.17) is 5.73 Å². The highest BCUT2D eigenvalue weighted by Crippen LogP contribution is 2.19. The number of nitrogens with two attached hydrogens (primary N) is 1. The van der Waals surface area contributed by atoms with Gasteiger partial charge in [-0.1, -0.05) is 23.8 Å². The van der Waals surface area contributed by atoms with E-state index in [2.05, 4.69) is 6.07 Å². The number of alkyl halides is 1. The molecule has 0 saturated heterocycles. The molecule has 13 heavy (non-hydrogen) atoms. The molecule has 0 spiro atoms. The second kappa shape index (κ2) is 4.38. The molecule has 1 nitrogen and oxygen atoms in total. The molecule has 0 aromatic heterocycles. The Hall–Kier alpha value is -0.890. The third kappa shape index (κ3) is 2.52. The first-order valence-corrected chi connectivity index (χ1v) is 4.54. The van der Waals surface area contributed by atoms with Crippen LogP contribution in [0, 0.1) is 13.8 Å². The predicted octanol–water partition coefficient (Wildman–Crippen LogP) is 2.66. The van der Waals surface area contributed by atoms with Crippen LogP contribution in [-0.4, -0.2) is 6.67 Å². The van der Waals surface area contributed by atoms with Gasteiger partial charge in [-0.2, -0.15) is 0 Å². The van der Waals surface area contributed by atoms with Crippen molar-refractivity contribution < 1.29 is 4.39 Å². The molecule has 0 unspecified atom stereocenters. The zero-order valence-electron chi connectivity index (χ0n) is 8.18. The van der Waals surface area contributed by atoms with E-state index >= 15 is 0 Å². The maximum atomic E-state index is 12.1. The number of hydrogen-bond acceptors (Lipinski definition) is 1. The maximum absolute atomic E-state index is 12.1. The highest BCUT2D eigenvalue weighted by atomic mass is 19.1. The molecular formula is C11H16FN. The van der Waals surface area contributed by atoms with Crippen LogP contribution in [0.1, 0.15) is 29.2 Å². The number of hydrogen-bond donors (Lipinski definition) is 1. The lowest BCUT2D eigenvalue weighted by atomic mass is 9.98. The van der Waals surface area contributed by atoms with Gasteiger partial charge in [0.25, 0.3) is 0 Å². The fourth-order valence-corrected chi connectivity index (χ4v) is 1.51. The van der Waals surface area contributed by atoms with Crippen molar-refractivity contribution >= 4 is 0 Å². The summed E-state index contributed by atoms with van der Waals surface area (Å²) in [5, 5.41) is 0. The molecule has 72 valence electrons. The molecule has 0 radical (unpaired) electrons. The molecular weight excluding hydrogens is 165 g/mol. The van der Waals surface area contributed by atoms with Crippen LogP contribution in [0.3, 0.4) is 0 Å². The van der Waals surface area contributed by atoms with E-state index in [0.717, 1.165) is 11.1 Å². The summed E-state index contributed by atoms with van der Waals surface area (Å²) in [4.78, 5) is 0. The Bertz CT molecular complexity index is 283. The molecule has 0 heterocycles. The molecule has 1 atom stereocenters. The Balaban J connectivity index is 2.88. The average Bonchev–Trinajstić information content (AvgIpc) is 2.04. The number of aryl methyl sites for hydroxylation is 2. The summed E-state index contributed by atoms with van der Waals surface area (Å²) >= 11 is 0. The van der Waals surface area contributed by atoms with Crippen LogP contribution in [0.15, 0.2) is 18.2 Å². The molecule has 0 bridgehead atoms. The molecule has 0 amide bonds. The van der Waals surface area contributed by atoms with E-state index in [1.54, 1.807) is 0 Å². The van der Waals surface area contributed by atoms with E-state index in [1.165, 1.54) is 5.56 Å². The third-order valence-electron chi connectivity index (χ3n) is 2.24. The summed E-state index contributed by atoms with van der Waals surface area (Å²) in [5.41, 5.74) is 9.25. The molecule has 1 aromatic carbocycles. The lowest BCUT2D eigenvalue weighted by Gasteiger charge is -2.13. The highest BCUT2D eigenvalue weighted by Gasteiger charge is 2.07. The van der Waals surface area contributed by atoms with Crippen LogP contribution in [-0.2, 0) is 0 Å². The van der Waals surface area contributed by atoms with Gasteiger partial charge in [0.1, 0.15) is 0 Å². The molecule has 2 heteroatoms. The lowest BCUT2D eigenvalue weighted by molar-refractivity contribution is 0.441. The van der Waals surface area contributed by atoms with Crippen molar-refractivity contribution in [3.63, 3.8) is 0 Å². The van der Waals surface area contributed by atoms with E-state index in [0.29, 0.717) is 6.42 Å². The Kier molecular flexibility index (Phi) is 3.43. The summed E-state index contributed by atoms with van der Waals surface area (Å²) < 4.78 is 12.1. The first kappa shape index (κ1) is 10.2. The van der Waals surface area contributed by atoms with E-state index in [1.807, 2.05) is 26.0 Å². The summed E-state index contributed by atoms with van der Waals surface area (Å²) in [5.74, 6) is 0. The second-order valence-electron chi connectivity index (χ2n) is 3.44. The van der Waals surface area contributed by atoms with E-state index in [9.17, 15) is 4.39 Å². The first-order valence-electron chi connectivity index (χ1n) is 4.54. The quantitative estimate of drug-likeness (QED) is 0.762. The van der Waals surface area contributed by atoms with E-state index in [-0.39, 0.29) is 12.7 Å². The Labute approximate surface area is 78.8 Å². The first-order chi connectivity index (χ1) is 6.15. The normalized spacial score (nSPS) is 12.9. The largest absolute Gasteiger partial charge is 0.324 e. The summed E-state index contributed by atoms with van der Waals surface area (Å²) in [6, 6.07) is 5.92. The minimum Gasteiger partial charge on any atom is -0.324 e. The molecule has 1 rings (SSSR count). The van der Waals surface area contributed by atoms with Crippen molar-refractivity contribution in [2.75, 3.05) is 6.67 Å². The van der Waals surface area contributed by atoms with Gasteiger partial charge < -0.3 is 5.73 Å². The predicted molar refractivity (Wildman–Crippen MR) is 53.4 cm³/mol. The van der Waals surface area contributed by atoms with Gasteiger partial charge in [0.2, 0.25) is 0 Å². The Morgan fingerprint density at radius 1 is 1.38 bits per heavy atom.